The molecule has 4 aromatic rings. The van der Waals surface area contributed by atoms with Crippen LogP contribution in [0, 0.1) is 5.92 Å². The molecule has 10 nitrogen and oxygen atoms in total. The van der Waals surface area contributed by atoms with E-state index in [9.17, 15) is 24.3 Å². The van der Waals surface area contributed by atoms with Crippen LogP contribution in [0.25, 0.3) is 0 Å². The van der Waals surface area contributed by atoms with Gasteiger partial charge in [-0.05, 0) is 65.6 Å². The topological polar surface area (TPSA) is 132 Å². The van der Waals surface area contributed by atoms with Crippen molar-refractivity contribution in [3.05, 3.63) is 120 Å². The summed E-state index contributed by atoms with van der Waals surface area (Å²) in [7, 11) is 0. The molecule has 4 amide bonds. The van der Waals surface area contributed by atoms with E-state index >= 15 is 0 Å². The summed E-state index contributed by atoms with van der Waals surface area (Å²) in [5.41, 5.74) is 5.36. The molecular formula is C34H31N5O5. The van der Waals surface area contributed by atoms with Gasteiger partial charge in [-0.25, -0.2) is 4.79 Å². The van der Waals surface area contributed by atoms with Gasteiger partial charge in [-0.2, -0.15) is 0 Å². The molecule has 2 unspecified atom stereocenters. The number of aliphatic carboxylic acids is 1. The lowest BCUT2D eigenvalue weighted by Gasteiger charge is -2.18. The van der Waals surface area contributed by atoms with Crippen LogP contribution in [0.4, 0.5) is 21.9 Å². The number of hydrogen-bond donors (Lipinski definition) is 3. The summed E-state index contributed by atoms with van der Waals surface area (Å²) in [5.74, 6) is -2.49. The molecule has 222 valence electrons. The first kappa shape index (κ1) is 28.6. The van der Waals surface area contributed by atoms with E-state index < -0.39 is 11.9 Å². The Morgan fingerprint density at radius 2 is 1.50 bits per heavy atom. The van der Waals surface area contributed by atoms with Crippen molar-refractivity contribution in [2.45, 2.75) is 18.8 Å². The molecule has 3 aromatic carbocycles. The summed E-state index contributed by atoms with van der Waals surface area (Å²) >= 11 is 0. The number of carboxylic acids is 1. The zero-order valence-electron chi connectivity index (χ0n) is 23.8. The summed E-state index contributed by atoms with van der Waals surface area (Å²) in [6.45, 7) is 1.04. The molecule has 2 aliphatic heterocycles. The maximum absolute atomic E-state index is 12.9. The number of pyridine rings is 1. The number of carbonyl (C=O) groups excluding carboxylic acids is 3. The number of aromatic nitrogens is 1. The average Bonchev–Trinajstić information content (AvgIpc) is 3.68. The van der Waals surface area contributed by atoms with Gasteiger partial charge in [-0.3, -0.25) is 24.3 Å². The second-order valence-corrected chi connectivity index (χ2v) is 11.0. The predicted molar refractivity (Wildman–Crippen MR) is 166 cm³/mol. The number of benzene rings is 3. The molecule has 0 saturated carbocycles. The minimum Gasteiger partial charge on any atom is -0.481 e. The summed E-state index contributed by atoms with van der Waals surface area (Å²) in [4.78, 5) is 57.7. The maximum atomic E-state index is 12.9. The van der Waals surface area contributed by atoms with E-state index in [-0.39, 0.29) is 43.3 Å². The zero-order chi connectivity index (χ0) is 30.6. The first-order valence-corrected chi connectivity index (χ1v) is 14.4. The number of nitrogens with one attached hydrogen (secondary N) is 2. The molecule has 1 saturated heterocycles. The van der Waals surface area contributed by atoms with Gasteiger partial charge in [0.1, 0.15) is 0 Å². The van der Waals surface area contributed by atoms with Gasteiger partial charge < -0.3 is 20.6 Å². The molecule has 1 fully saturated rings. The number of likely N-dealkylation sites (tertiary alicyclic amines) is 1. The lowest BCUT2D eigenvalue weighted by Crippen LogP contribution is -2.33. The van der Waals surface area contributed by atoms with Crippen molar-refractivity contribution < 1.29 is 24.3 Å². The quantitative estimate of drug-likeness (QED) is 0.284. The van der Waals surface area contributed by atoms with Crippen molar-refractivity contribution in [2.24, 2.45) is 5.92 Å². The van der Waals surface area contributed by atoms with E-state index in [0.717, 1.165) is 28.8 Å². The van der Waals surface area contributed by atoms with Crippen LogP contribution in [0.2, 0.25) is 0 Å². The van der Waals surface area contributed by atoms with Gasteiger partial charge in [0.05, 0.1) is 12.3 Å². The number of hydrogen-bond acceptors (Lipinski definition) is 5. The molecule has 10 heteroatoms. The molecule has 3 heterocycles. The number of carbonyl (C=O) groups is 4. The van der Waals surface area contributed by atoms with Gasteiger partial charge in [-0.15, -0.1) is 0 Å². The molecule has 0 radical (unpaired) electrons. The monoisotopic (exact) mass is 589 g/mol. The van der Waals surface area contributed by atoms with Crippen LogP contribution in [0.15, 0.2) is 97.3 Å². The smallest absolute Gasteiger partial charge is 0.326 e. The molecule has 3 N–H and O–H groups in total. The number of fused-ring (bicyclic) bond motifs is 1. The maximum Gasteiger partial charge on any atom is 0.326 e. The molecule has 44 heavy (non-hydrogen) atoms. The lowest BCUT2D eigenvalue weighted by molar-refractivity contribution is -0.141. The van der Waals surface area contributed by atoms with Crippen LogP contribution >= 0.6 is 0 Å². The summed E-state index contributed by atoms with van der Waals surface area (Å²) in [5, 5.41) is 15.7. The Kier molecular flexibility index (Phi) is 8.05. The second kappa shape index (κ2) is 12.4. The standard InChI is InChI=1S/C34H31N5O5/c40-31(19-22-5-9-27(10-6-22)37-34(44)39-18-15-24-3-1-2-4-30(24)39)36-26-11-7-23(8-12-26)28-20-38(21-29(28)33(42)43)32(41)25-13-16-35-17-14-25/h1-14,16-17,28-29H,15,18-21H2,(H,36,40)(H,37,44)(H,42,43). The van der Waals surface area contributed by atoms with Crippen LogP contribution in [0.5, 0.6) is 0 Å². The number of anilines is 3. The van der Waals surface area contributed by atoms with E-state index in [1.54, 1.807) is 70.5 Å². The van der Waals surface area contributed by atoms with Crippen LogP contribution in [0.1, 0.15) is 33.0 Å². The van der Waals surface area contributed by atoms with Crippen LogP contribution in [-0.2, 0) is 22.4 Å². The summed E-state index contributed by atoms with van der Waals surface area (Å²) < 4.78 is 0. The van der Waals surface area contributed by atoms with Gasteiger partial charge in [0.15, 0.2) is 0 Å². The normalized spacial score (nSPS) is 17.2. The van der Waals surface area contributed by atoms with Gasteiger partial charge in [0.25, 0.3) is 5.91 Å². The van der Waals surface area contributed by atoms with Gasteiger partial charge in [0.2, 0.25) is 5.91 Å². The first-order chi connectivity index (χ1) is 21.4. The molecule has 0 spiro atoms. The zero-order valence-corrected chi connectivity index (χ0v) is 23.8. The van der Waals surface area contributed by atoms with Crippen molar-refractivity contribution in [2.75, 3.05) is 35.2 Å². The Morgan fingerprint density at radius 3 is 2.23 bits per heavy atom. The number of para-hydroxylation sites is 1. The molecule has 1 aromatic heterocycles. The Balaban J connectivity index is 1.03. The van der Waals surface area contributed by atoms with Crippen molar-refractivity contribution in [3.63, 3.8) is 0 Å². The Bertz CT molecular complexity index is 1690. The number of nitrogens with zero attached hydrogens (tertiary/aromatic N) is 3. The van der Waals surface area contributed by atoms with Crippen LogP contribution < -0.4 is 15.5 Å². The molecule has 2 aliphatic rings. The lowest BCUT2D eigenvalue weighted by atomic mass is 9.89. The molecule has 6 rings (SSSR count). The van der Waals surface area contributed by atoms with Crippen LogP contribution in [0.3, 0.4) is 0 Å². The van der Waals surface area contributed by atoms with E-state index in [1.807, 2.05) is 24.3 Å². The average molecular weight is 590 g/mol. The van der Waals surface area contributed by atoms with Gasteiger partial charge in [-0.1, -0.05) is 42.5 Å². The van der Waals surface area contributed by atoms with Crippen molar-refractivity contribution >= 4 is 40.9 Å². The highest BCUT2D eigenvalue weighted by Crippen LogP contribution is 2.34. The van der Waals surface area contributed by atoms with Gasteiger partial charge in [0, 0.05) is 60.6 Å². The highest BCUT2D eigenvalue weighted by molar-refractivity contribution is 6.03. The Labute approximate surface area is 254 Å². The second-order valence-electron chi connectivity index (χ2n) is 11.0. The molecule has 0 bridgehead atoms. The third-order valence-electron chi connectivity index (χ3n) is 8.18. The molecule has 0 aliphatic carbocycles. The predicted octanol–water partition coefficient (Wildman–Crippen LogP) is 4.80. The first-order valence-electron chi connectivity index (χ1n) is 14.4. The van der Waals surface area contributed by atoms with Crippen molar-refractivity contribution in [1.82, 2.24) is 9.88 Å². The van der Waals surface area contributed by atoms with E-state index in [2.05, 4.69) is 15.6 Å². The largest absolute Gasteiger partial charge is 0.481 e. The number of amides is 4. The SMILES string of the molecule is O=C(Cc1ccc(NC(=O)N2CCc3ccccc32)cc1)Nc1ccc(C2CN(C(=O)c3ccncc3)CC2C(=O)O)cc1. The fourth-order valence-electron chi connectivity index (χ4n) is 5.89. The minimum atomic E-state index is -0.954. The highest BCUT2D eigenvalue weighted by atomic mass is 16.4. The van der Waals surface area contributed by atoms with E-state index in [4.69, 9.17) is 0 Å². The van der Waals surface area contributed by atoms with E-state index in [0.29, 0.717) is 23.5 Å². The summed E-state index contributed by atoms with van der Waals surface area (Å²) in [6.07, 6.45) is 4.04. The number of carboxylic acid groups (broad SMARTS) is 1. The third-order valence-corrected chi connectivity index (χ3v) is 8.18. The van der Waals surface area contributed by atoms with Crippen molar-refractivity contribution in [1.29, 1.82) is 0 Å². The Hall–Kier alpha value is -5.51. The summed E-state index contributed by atoms with van der Waals surface area (Å²) in [6, 6.07) is 25.2. The Morgan fingerprint density at radius 1 is 0.818 bits per heavy atom. The van der Waals surface area contributed by atoms with E-state index in [1.165, 1.54) is 12.4 Å². The molecular weight excluding hydrogens is 558 g/mol. The fourth-order valence-corrected chi connectivity index (χ4v) is 5.89. The third kappa shape index (κ3) is 6.14. The fraction of sp³-hybridized carbons (Fsp3) is 0.206. The van der Waals surface area contributed by atoms with Crippen LogP contribution in [-0.4, -0.2) is 58.4 Å². The highest BCUT2D eigenvalue weighted by Gasteiger charge is 2.40. The number of urea groups is 1. The minimum absolute atomic E-state index is 0.119. The molecule has 2 atom stereocenters. The number of rotatable bonds is 7. The van der Waals surface area contributed by atoms with Gasteiger partial charge >= 0.3 is 12.0 Å². The van der Waals surface area contributed by atoms with Crippen molar-refractivity contribution in [3.8, 4) is 0 Å².